The lowest BCUT2D eigenvalue weighted by Crippen LogP contribution is -2.34. The van der Waals surface area contributed by atoms with Gasteiger partial charge < -0.3 is 19.0 Å². The molecular weight excluding hydrogens is 377 g/mol. The molecule has 1 saturated carbocycles. The van der Waals surface area contributed by atoms with E-state index in [1.807, 2.05) is 0 Å². The van der Waals surface area contributed by atoms with Crippen molar-refractivity contribution in [1.29, 1.82) is 0 Å². The molecule has 1 N–H and O–H groups in total. The first-order valence-corrected chi connectivity index (χ1v) is 8.50. The molecule has 1 fully saturated rings. The number of ether oxygens (including phenoxy) is 1. The fourth-order valence-corrected chi connectivity index (χ4v) is 2.98. The van der Waals surface area contributed by atoms with Gasteiger partial charge in [-0.05, 0) is 31.0 Å². The predicted octanol–water partition coefficient (Wildman–Crippen LogP) is 4.18. The molecule has 0 saturated heterocycles. The maximum atomic E-state index is 12.7. The Balaban J connectivity index is 1.46. The Kier molecular flexibility index (Phi) is 4.37. The zero-order chi connectivity index (χ0) is 19.8. The summed E-state index contributed by atoms with van der Waals surface area (Å²) in [4.78, 5) is 12.7. The molecule has 3 aromatic rings. The summed E-state index contributed by atoms with van der Waals surface area (Å²) < 4.78 is 52.1. The van der Waals surface area contributed by atoms with Crippen LogP contribution in [0.25, 0.3) is 11.5 Å². The second kappa shape index (κ2) is 6.74. The van der Waals surface area contributed by atoms with E-state index in [2.05, 4.69) is 15.2 Å². The van der Waals surface area contributed by atoms with Crippen molar-refractivity contribution in [1.82, 2.24) is 10.5 Å². The standard InChI is InChI=1S/C19H15F3N2O4/c20-19(21,22)27-13-5-2-1-4-12(13)11-23-17(25)18(7-8-18)16-10-15(28-24-16)14-6-3-9-26-14/h1-6,9-10H,7-8,11H2,(H,23,25). The smallest absolute Gasteiger partial charge is 0.461 e. The molecular formula is C19H15F3N2O4. The van der Waals surface area contributed by atoms with Crippen LogP contribution in [-0.2, 0) is 16.8 Å². The molecule has 0 atom stereocenters. The quantitative estimate of drug-likeness (QED) is 0.681. The molecule has 28 heavy (non-hydrogen) atoms. The first-order chi connectivity index (χ1) is 13.4. The van der Waals surface area contributed by atoms with Gasteiger partial charge in [-0.3, -0.25) is 4.79 Å². The molecule has 1 aromatic carbocycles. The van der Waals surface area contributed by atoms with E-state index in [0.717, 1.165) is 0 Å². The summed E-state index contributed by atoms with van der Waals surface area (Å²) in [5.74, 6) is 0.228. The summed E-state index contributed by atoms with van der Waals surface area (Å²) in [5, 5.41) is 6.66. The first kappa shape index (κ1) is 18.1. The highest BCUT2D eigenvalue weighted by Crippen LogP contribution is 2.48. The summed E-state index contributed by atoms with van der Waals surface area (Å²) >= 11 is 0. The van der Waals surface area contributed by atoms with E-state index in [4.69, 9.17) is 8.94 Å². The average molecular weight is 392 g/mol. The Morgan fingerprint density at radius 2 is 1.96 bits per heavy atom. The van der Waals surface area contributed by atoms with Crippen LogP contribution in [0.4, 0.5) is 13.2 Å². The molecule has 0 bridgehead atoms. The van der Waals surface area contributed by atoms with Gasteiger partial charge in [-0.25, -0.2) is 0 Å². The molecule has 2 aromatic heterocycles. The van der Waals surface area contributed by atoms with E-state index in [-0.39, 0.29) is 23.8 Å². The van der Waals surface area contributed by atoms with Gasteiger partial charge in [0, 0.05) is 18.2 Å². The van der Waals surface area contributed by atoms with Gasteiger partial charge in [0.15, 0.2) is 5.76 Å². The van der Waals surface area contributed by atoms with Crippen LogP contribution in [0.5, 0.6) is 5.75 Å². The van der Waals surface area contributed by atoms with Gasteiger partial charge in [0.25, 0.3) is 0 Å². The molecule has 146 valence electrons. The van der Waals surface area contributed by atoms with Gasteiger partial charge in [0.05, 0.1) is 17.4 Å². The zero-order valence-corrected chi connectivity index (χ0v) is 14.5. The summed E-state index contributed by atoms with van der Waals surface area (Å²) in [6.45, 7) is -0.101. The van der Waals surface area contributed by atoms with Gasteiger partial charge in [0.1, 0.15) is 5.75 Å². The molecule has 0 unspecified atom stereocenters. The number of nitrogens with zero attached hydrogens (tertiary/aromatic N) is 1. The number of para-hydroxylation sites is 1. The third-order valence-corrected chi connectivity index (χ3v) is 4.59. The van der Waals surface area contributed by atoms with Crippen molar-refractivity contribution in [3.05, 3.63) is 60.0 Å². The Labute approximate surface area is 157 Å². The zero-order valence-electron chi connectivity index (χ0n) is 14.5. The van der Waals surface area contributed by atoms with Gasteiger partial charge in [-0.2, -0.15) is 0 Å². The number of carbonyl (C=O) groups is 1. The van der Waals surface area contributed by atoms with Gasteiger partial charge in [0.2, 0.25) is 11.7 Å². The molecule has 1 aliphatic carbocycles. The fraction of sp³-hybridized carbons (Fsp3) is 0.263. The van der Waals surface area contributed by atoms with Crippen molar-refractivity contribution < 1.29 is 31.6 Å². The molecule has 0 radical (unpaired) electrons. The fourth-order valence-electron chi connectivity index (χ4n) is 2.98. The third-order valence-electron chi connectivity index (χ3n) is 4.59. The van der Waals surface area contributed by atoms with Crippen LogP contribution < -0.4 is 10.1 Å². The lowest BCUT2D eigenvalue weighted by Gasteiger charge is -2.15. The maximum absolute atomic E-state index is 12.7. The van der Waals surface area contributed by atoms with E-state index in [0.29, 0.717) is 30.1 Å². The van der Waals surface area contributed by atoms with Gasteiger partial charge >= 0.3 is 6.36 Å². The minimum absolute atomic E-state index is 0.101. The molecule has 4 rings (SSSR count). The second-order valence-electron chi connectivity index (χ2n) is 6.47. The van der Waals surface area contributed by atoms with Crippen LogP contribution in [0.2, 0.25) is 0 Å². The minimum atomic E-state index is -4.80. The summed E-state index contributed by atoms with van der Waals surface area (Å²) in [6.07, 6.45) is -2.16. The lowest BCUT2D eigenvalue weighted by molar-refractivity contribution is -0.274. The number of hydrogen-bond donors (Lipinski definition) is 1. The van der Waals surface area contributed by atoms with Crippen LogP contribution in [0.1, 0.15) is 24.1 Å². The van der Waals surface area contributed by atoms with E-state index < -0.39 is 11.8 Å². The molecule has 6 nitrogen and oxygen atoms in total. The molecule has 9 heteroatoms. The first-order valence-electron chi connectivity index (χ1n) is 8.50. The normalized spacial score (nSPS) is 15.2. The van der Waals surface area contributed by atoms with Gasteiger partial charge in [-0.15, -0.1) is 13.2 Å². The Hall–Kier alpha value is -3.23. The predicted molar refractivity (Wildman–Crippen MR) is 90.1 cm³/mol. The van der Waals surface area contributed by atoms with E-state index >= 15 is 0 Å². The maximum Gasteiger partial charge on any atom is 0.573 e. The van der Waals surface area contributed by atoms with Crippen molar-refractivity contribution in [2.24, 2.45) is 0 Å². The SMILES string of the molecule is O=C(NCc1ccccc1OC(F)(F)F)C1(c2cc(-c3ccco3)on2)CC1. The highest BCUT2D eigenvalue weighted by atomic mass is 19.4. The number of aromatic nitrogens is 1. The number of rotatable bonds is 6. The average Bonchev–Trinajstić information content (AvgIpc) is 3.07. The number of furan rings is 1. The number of benzene rings is 1. The highest BCUT2D eigenvalue weighted by molar-refractivity contribution is 5.91. The van der Waals surface area contributed by atoms with Crippen molar-refractivity contribution in [2.75, 3.05) is 0 Å². The van der Waals surface area contributed by atoms with Crippen LogP contribution in [0.15, 0.2) is 57.7 Å². The van der Waals surface area contributed by atoms with E-state index in [9.17, 15) is 18.0 Å². The van der Waals surface area contributed by atoms with Crippen LogP contribution in [0, 0.1) is 0 Å². The number of alkyl halides is 3. The largest absolute Gasteiger partial charge is 0.573 e. The van der Waals surface area contributed by atoms with Crippen molar-refractivity contribution >= 4 is 5.91 Å². The Morgan fingerprint density at radius 3 is 2.64 bits per heavy atom. The van der Waals surface area contributed by atoms with Crippen molar-refractivity contribution in [2.45, 2.75) is 31.2 Å². The number of hydrogen-bond acceptors (Lipinski definition) is 5. The van der Waals surface area contributed by atoms with E-state index in [1.54, 1.807) is 24.3 Å². The molecule has 0 spiro atoms. The number of amides is 1. The minimum Gasteiger partial charge on any atom is -0.461 e. The van der Waals surface area contributed by atoms with Crippen LogP contribution in [-0.4, -0.2) is 17.4 Å². The number of halogens is 3. The Bertz CT molecular complexity index is 975. The molecule has 1 aliphatic rings. The number of nitrogens with one attached hydrogen (secondary N) is 1. The van der Waals surface area contributed by atoms with E-state index in [1.165, 1.54) is 24.5 Å². The lowest BCUT2D eigenvalue weighted by atomic mass is 10.0. The summed E-state index contributed by atoms with van der Waals surface area (Å²) in [5.41, 5.74) is -0.148. The molecule has 2 heterocycles. The topological polar surface area (TPSA) is 77.5 Å². The summed E-state index contributed by atoms with van der Waals surface area (Å²) in [6, 6.07) is 10.7. The van der Waals surface area contributed by atoms with Crippen molar-refractivity contribution in [3.8, 4) is 17.3 Å². The highest BCUT2D eigenvalue weighted by Gasteiger charge is 2.53. The van der Waals surface area contributed by atoms with Crippen molar-refractivity contribution in [3.63, 3.8) is 0 Å². The number of carbonyl (C=O) groups excluding carboxylic acids is 1. The monoisotopic (exact) mass is 392 g/mol. The van der Waals surface area contributed by atoms with Gasteiger partial charge in [-0.1, -0.05) is 23.4 Å². The molecule has 1 amide bonds. The van der Waals surface area contributed by atoms with Crippen LogP contribution >= 0.6 is 0 Å². The van der Waals surface area contributed by atoms with Crippen LogP contribution in [0.3, 0.4) is 0 Å². The summed E-state index contributed by atoms with van der Waals surface area (Å²) in [7, 11) is 0. The third kappa shape index (κ3) is 3.60. The second-order valence-corrected chi connectivity index (χ2v) is 6.47. The molecule has 0 aliphatic heterocycles. The Morgan fingerprint density at radius 1 is 1.18 bits per heavy atom.